The number of nitrogens with zero attached hydrogens (tertiary/aromatic N) is 3. The Hall–Kier alpha value is -2.10. The van der Waals surface area contributed by atoms with Gasteiger partial charge in [-0.25, -0.2) is 9.78 Å². The lowest BCUT2D eigenvalue weighted by molar-refractivity contribution is -0.127. The van der Waals surface area contributed by atoms with Gasteiger partial charge in [-0.2, -0.15) is 13.2 Å². The summed E-state index contributed by atoms with van der Waals surface area (Å²) in [5.74, 6) is -0.612. The third-order valence-electron chi connectivity index (χ3n) is 2.76. The molecule has 0 aliphatic carbocycles. The maximum atomic E-state index is 12.8. The number of thiazole rings is 1. The summed E-state index contributed by atoms with van der Waals surface area (Å²) < 4.78 is 43.6. The van der Waals surface area contributed by atoms with Crippen molar-refractivity contribution >= 4 is 28.3 Å². The second-order valence-electron chi connectivity index (χ2n) is 6.75. The highest BCUT2D eigenvalue weighted by Gasteiger charge is 2.33. The average Bonchev–Trinajstić information content (AvgIpc) is 2.83. The molecule has 1 aromatic rings. The minimum atomic E-state index is -4.53. The van der Waals surface area contributed by atoms with Gasteiger partial charge in [-0.3, -0.25) is 9.69 Å². The van der Waals surface area contributed by atoms with Crippen LogP contribution in [0.3, 0.4) is 0 Å². The molecule has 26 heavy (non-hydrogen) atoms. The number of rotatable bonds is 5. The van der Waals surface area contributed by atoms with Gasteiger partial charge in [-0.05, 0) is 20.8 Å². The lowest BCUT2D eigenvalue weighted by Gasteiger charge is -2.23. The Morgan fingerprint density at radius 2 is 1.77 bits per heavy atom. The first-order valence-electron chi connectivity index (χ1n) is 7.62. The molecule has 0 fully saturated rings. The van der Waals surface area contributed by atoms with Crippen LogP contribution in [0.25, 0.3) is 0 Å². The van der Waals surface area contributed by atoms with Crippen LogP contribution >= 0.6 is 11.3 Å². The zero-order valence-electron chi connectivity index (χ0n) is 15.5. The van der Waals surface area contributed by atoms with Crippen LogP contribution in [0.2, 0.25) is 0 Å². The maximum absolute atomic E-state index is 12.8. The Balaban J connectivity index is 3.21. The smallest absolute Gasteiger partial charge is 0.416 e. The van der Waals surface area contributed by atoms with E-state index >= 15 is 0 Å². The van der Waals surface area contributed by atoms with Crippen LogP contribution in [-0.4, -0.2) is 54.7 Å². The van der Waals surface area contributed by atoms with Gasteiger partial charge in [0, 0.05) is 33.4 Å². The molecule has 0 aromatic carbocycles. The number of halogens is 3. The SMILES string of the molecule is CN(C)/C=C/C(=O)c1sc(N(C)C(=O)OC(C)(C)C)nc1CC(F)(F)F. The topological polar surface area (TPSA) is 62.7 Å². The second kappa shape index (κ2) is 8.07. The molecule has 6 nitrogen and oxygen atoms in total. The number of amides is 1. The predicted molar refractivity (Wildman–Crippen MR) is 93.7 cm³/mol. The van der Waals surface area contributed by atoms with E-state index in [1.54, 1.807) is 39.8 Å². The molecule has 1 aromatic heterocycles. The van der Waals surface area contributed by atoms with E-state index in [0.29, 0.717) is 0 Å². The number of anilines is 1. The molecule has 0 atom stereocenters. The second-order valence-corrected chi connectivity index (χ2v) is 7.72. The first-order valence-corrected chi connectivity index (χ1v) is 8.43. The molecule has 0 aliphatic rings. The minimum Gasteiger partial charge on any atom is -0.443 e. The molecular weight excluding hydrogens is 371 g/mol. The van der Waals surface area contributed by atoms with Crippen molar-refractivity contribution in [3.63, 3.8) is 0 Å². The van der Waals surface area contributed by atoms with Crippen LogP contribution in [0.4, 0.5) is 23.1 Å². The third kappa shape index (κ3) is 7.03. The minimum absolute atomic E-state index is 0.0416. The van der Waals surface area contributed by atoms with E-state index < -0.39 is 35.8 Å². The molecule has 146 valence electrons. The van der Waals surface area contributed by atoms with Crippen molar-refractivity contribution in [3.05, 3.63) is 22.8 Å². The fourth-order valence-corrected chi connectivity index (χ4v) is 2.64. The molecule has 0 radical (unpaired) electrons. The number of carbonyl (C=O) groups excluding carboxylic acids is 2. The van der Waals surface area contributed by atoms with E-state index in [1.807, 2.05) is 0 Å². The molecule has 10 heteroatoms. The standard InChI is InChI=1S/C16H22F3N3O3S/c1-15(2,3)25-14(24)22(6)13-20-10(9-16(17,18)19)12(26-13)11(23)7-8-21(4)5/h7-8H,9H2,1-6H3/b8-7+. The van der Waals surface area contributed by atoms with Gasteiger partial charge in [0.1, 0.15) is 5.60 Å². The normalized spacial score (nSPS) is 12.3. The van der Waals surface area contributed by atoms with Gasteiger partial charge in [0.15, 0.2) is 10.9 Å². The van der Waals surface area contributed by atoms with Crippen molar-refractivity contribution in [1.29, 1.82) is 0 Å². The van der Waals surface area contributed by atoms with E-state index in [2.05, 4.69) is 4.98 Å². The molecule has 0 bridgehead atoms. The summed E-state index contributed by atoms with van der Waals surface area (Å²) in [5, 5.41) is -0.0416. The van der Waals surface area contributed by atoms with Crippen LogP contribution in [-0.2, 0) is 11.2 Å². The summed E-state index contributed by atoms with van der Waals surface area (Å²) in [6, 6.07) is 0. The third-order valence-corrected chi connectivity index (χ3v) is 3.94. The highest BCUT2D eigenvalue weighted by molar-refractivity contribution is 7.18. The van der Waals surface area contributed by atoms with E-state index in [0.717, 1.165) is 22.3 Å². The molecule has 1 rings (SSSR count). The summed E-state index contributed by atoms with van der Waals surface area (Å²) in [4.78, 5) is 30.6. The quantitative estimate of drug-likeness (QED) is 0.561. The van der Waals surface area contributed by atoms with Crippen molar-refractivity contribution < 1.29 is 27.5 Å². The van der Waals surface area contributed by atoms with Crippen LogP contribution in [0.1, 0.15) is 36.1 Å². The van der Waals surface area contributed by atoms with Crippen molar-refractivity contribution in [3.8, 4) is 0 Å². The summed E-state index contributed by atoms with van der Waals surface area (Å²) >= 11 is 0.717. The molecule has 1 amide bonds. The molecule has 0 N–H and O–H groups in total. The highest BCUT2D eigenvalue weighted by atomic mass is 32.1. The number of hydrogen-bond donors (Lipinski definition) is 0. The number of alkyl halides is 3. The Labute approximate surface area is 154 Å². The fraction of sp³-hybridized carbons (Fsp3) is 0.562. The van der Waals surface area contributed by atoms with Gasteiger partial charge in [0.05, 0.1) is 17.0 Å². The van der Waals surface area contributed by atoms with Gasteiger partial charge < -0.3 is 9.64 Å². The van der Waals surface area contributed by atoms with E-state index in [9.17, 15) is 22.8 Å². The largest absolute Gasteiger partial charge is 0.443 e. The number of carbonyl (C=O) groups is 2. The molecule has 1 heterocycles. The maximum Gasteiger partial charge on any atom is 0.416 e. The molecule has 0 unspecified atom stereocenters. The monoisotopic (exact) mass is 393 g/mol. The summed E-state index contributed by atoms with van der Waals surface area (Å²) in [6.07, 6.45) is -4.08. The Morgan fingerprint density at radius 3 is 2.23 bits per heavy atom. The number of ether oxygens (including phenoxy) is 1. The molecule has 0 saturated heterocycles. The van der Waals surface area contributed by atoms with Gasteiger partial charge in [-0.15, -0.1) is 0 Å². The zero-order chi connectivity index (χ0) is 20.3. The fourth-order valence-electron chi connectivity index (χ4n) is 1.69. The van der Waals surface area contributed by atoms with Crippen molar-refractivity contribution in [2.75, 3.05) is 26.0 Å². The zero-order valence-corrected chi connectivity index (χ0v) is 16.3. The first kappa shape index (κ1) is 21.9. The molecule has 0 spiro atoms. The first-order chi connectivity index (χ1) is 11.7. The van der Waals surface area contributed by atoms with E-state index in [1.165, 1.54) is 13.2 Å². The summed E-state index contributed by atoms with van der Waals surface area (Å²) in [6.45, 7) is 4.99. The van der Waals surface area contributed by atoms with Crippen LogP contribution in [0, 0.1) is 0 Å². The average molecular weight is 393 g/mol. The van der Waals surface area contributed by atoms with Gasteiger partial charge in [0.25, 0.3) is 0 Å². The Morgan fingerprint density at radius 1 is 1.19 bits per heavy atom. The van der Waals surface area contributed by atoms with Gasteiger partial charge >= 0.3 is 12.3 Å². The number of ketones is 1. The van der Waals surface area contributed by atoms with Crippen molar-refractivity contribution in [2.24, 2.45) is 0 Å². The number of allylic oxidation sites excluding steroid dienone is 1. The molecule has 0 saturated carbocycles. The van der Waals surface area contributed by atoms with E-state index in [4.69, 9.17) is 4.74 Å². The van der Waals surface area contributed by atoms with Gasteiger partial charge in [-0.1, -0.05) is 11.3 Å². The Kier molecular flexibility index (Phi) is 6.81. The molecular formula is C16H22F3N3O3S. The molecule has 0 aliphatic heterocycles. The van der Waals surface area contributed by atoms with Crippen molar-refractivity contribution in [2.45, 2.75) is 39.0 Å². The number of hydrogen-bond acceptors (Lipinski definition) is 6. The predicted octanol–water partition coefficient (Wildman–Crippen LogP) is 3.88. The Bertz CT molecular complexity index is 691. The lowest BCUT2D eigenvalue weighted by Crippen LogP contribution is -2.34. The highest BCUT2D eigenvalue weighted by Crippen LogP contribution is 2.31. The summed E-state index contributed by atoms with van der Waals surface area (Å²) in [7, 11) is 4.68. The van der Waals surface area contributed by atoms with Gasteiger partial charge in [0.2, 0.25) is 0 Å². The summed E-state index contributed by atoms with van der Waals surface area (Å²) in [5.41, 5.74) is -1.19. The van der Waals surface area contributed by atoms with E-state index in [-0.39, 0.29) is 10.0 Å². The van der Waals surface area contributed by atoms with Crippen LogP contribution in [0.15, 0.2) is 12.3 Å². The number of aromatic nitrogens is 1. The van der Waals surface area contributed by atoms with Crippen molar-refractivity contribution in [1.82, 2.24) is 9.88 Å². The lowest BCUT2D eigenvalue weighted by atomic mass is 10.2. The van der Waals surface area contributed by atoms with Crippen LogP contribution < -0.4 is 4.90 Å². The van der Waals surface area contributed by atoms with Crippen LogP contribution in [0.5, 0.6) is 0 Å².